The third kappa shape index (κ3) is 3.40. The first-order chi connectivity index (χ1) is 7.74. The summed E-state index contributed by atoms with van der Waals surface area (Å²) in [5.41, 5.74) is 0. The number of amidine groups is 1. The summed E-state index contributed by atoms with van der Waals surface area (Å²) in [6, 6.07) is -1.20. The molecule has 1 unspecified atom stereocenters. The van der Waals surface area contributed by atoms with Crippen LogP contribution in [0.3, 0.4) is 0 Å². The summed E-state index contributed by atoms with van der Waals surface area (Å²) in [6.07, 6.45) is 1.43. The van der Waals surface area contributed by atoms with Gasteiger partial charge in [0.2, 0.25) is 0 Å². The lowest BCUT2D eigenvalue weighted by Crippen LogP contribution is -2.42. The second-order valence-electron chi connectivity index (χ2n) is 3.75. The van der Waals surface area contributed by atoms with Crippen LogP contribution in [-0.2, 0) is 10.0 Å². The predicted octanol–water partition coefficient (Wildman–Crippen LogP) is 0.842. The van der Waals surface area contributed by atoms with E-state index in [1.807, 2.05) is 0 Å². The standard InChI is InChI=1S/C8H12ClN3O4S/c1-5(2)17(15,16)11-8-6(12(13)14)3-4-7(9)10-8/h4-6H,3H2,1-2H3,(H,10,11). The highest BCUT2D eigenvalue weighted by Gasteiger charge is 2.32. The van der Waals surface area contributed by atoms with E-state index in [0.717, 1.165) is 0 Å². The van der Waals surface area contributed by atoms with E-state index in [1.165, 1.54) is 19.9 Å². The predicted molar refractivity (Wildman–Crippen MR) is 64.0 cm³/mol. The summed E-state index contributed by atoms with van der Waals surface area (Å²) < 4.78 is 26.6. The number of halogens is 1. The highest BCUT2D eigenvalue weighted by Crippen LogP contribution is 2.14. The van der Waals surface area contributed by atoms with Crippen LogP contribution in [0.4, 0.5) is 0 Å². The van der Waals surface area contributed by atoms with Crippen molar-refractivity contribution in [2.45, 2.75) is 31.6 Å². The van der Waals surface area contributed by atoms with Crippen molar-refractivity contribution in [1.82, 2.24) is 5.32 Å². The van der Waals surface area contributed by atoms with Gasteiger partial charge in [0.1, 0.15) is 5.16 Å². The average Bonchev–Trinajstić information content (AvgIpc) is 2.15. The van der Waals surface area contributed by atoms with Gasteiger partial charge < -0.3 is 5.32 Å². The highest BCUT2D eigenvalue weighted by molar-refractivity contribution is 7.90. The summed E-state index contributed by atoms with van der Waals surface area (Å²) in [4.78, 5) is 10.1. The molecule has 0 saturated carbocycles. The van der Waals surface area contributed by atoms with Crippen LogP contribution in [-0.4, -0.2) is 30.5 Å². The maximum Gasteiger partial charge on any atom is 0.274 e. The van der Waals surface area contributed by atoms with E-state index in [-0.39, 0.29) is 17.4 Å². The van der Waals surface area contributed by atoms with Crippen LogP contribution in [0.25, 0.3) is 0 Å². The van der Waals surface area contributed by atoms with Crippen molar-refractivity contribution in [3.05, 3.63) is 21.3 Å². The Kier molecular flexibility index (Phi) is 4.10. The molecule has 1 rings (SSSR count). The molecule has 0 radical (unpaired) electrons. The smallest absolute Gasteiger partial charge is 0.274 e. The number of hydrogen-bond donors (Lipinski definition) is 1. The van der Waals surface area contributed by atoms with Gasteiger partial charge in [-0.3, -0.25) is 10.1 Å². The normalized spacial score (nSPS) is 23.4. The zero-order chi connectivity index (χ0) is 13.2. The maximum absolute atomic E-state index is 11.6. The summed E-state index contributed by atoms with van der Waals surface area (Å²) in [5.74, 6) is -0.240. The summed E-state index contributed by atoms with van der Waals surface area (Å²) in [7, 11) is -3.75. The van der Waals surface area contributed by atoms with Gasteiger partial charge in [-0.1, -0.05) is 11.6 Å². The minimum absolute atomic E-state index is 0.0191. The van der Waals surface area contributed by atoms with Crippen LogP contribution in [0.5, 0.6) is 0 Å². The molecule has 1 N–H and O–H groups in total. The van der Waals surface area contributed by atoms with Gasteiger partial charge in [-0.25, -0.2) is 8.42 Å². The largest absolute Gasteiger partial charge is 0.328 e. The monoisotopic (exact) mass is 281 g/mol. The highest BCUT2D eigenvalue weighted by atomic mass is 35.5. The second-order valence-corrected chi connectivity index (χ2v) is 6.32. The lowest BCUT2D eigenvalue weighted by molar-refractivity contribution is -0.502. The van der Waals surface area contributed by atoms with Crippen molar-refractivity contribution in [3.63, 3.8) is 0 Å². The van der Waals surface area contributed by atoms with Gasteiger partial charge in [-0.15, -0.1) is 4.40 Å². The minimum Gasteiger partial charge on any atom is -0.328 e. The molecule has 1 aliphatic heterocycles. The second kappa shape index (κ2) is 5.01. The molecule has 0 spiro atoms. The van der Waals surface area contributed by atoms with Crippen molar-refractivity contribution in [1.29, 1.82) is 0 Å². The number of nitrogens with zero attached hydrogens (tertiary/aromatic N) is 2. The molecule has 0 aliphatic carbocycles. The van der Waals surface area contributed by atoms with Gasteiger partial charge in [-0.2, -0.15) is 0 Å². The molecule has 0 aromatic carbocycles. The fraction of sp³-hybridized carbons (Fsp3) is 0.625. The third-order valence-electron chi connectivity index (χ3n) is 2.16. The van der Waals surface area contributed by atoms with Crippen LogP contribution < -0.4 is 5.32 Å². The quantitative estimate of drug-likeness (QED) is 0.469. The van der Waals surface area contributed by atoms with Crippen molar-refractivity contribution in [2.24, 2.45) is 4.40 Å². The zero-order valence-electron chi connectivity index (χ0n) is 9.25. The third-order valence-corrected chi connectivity index (χ3v) is 4.05. The molecule has 0 aromatic heterocycles. The zero-order valence-corrected chi connectivity index (χ0v) is 10.8. The molecule has 1 aliphatic rings. The van der Waals surface area contributed by atoms with Gasteiger partial charge in [-0.05, 0) is 19.9 Å². The van der Waals surface area contributed by atoms with E-state index in [4.69, 9.17) is 11.6 Å². The van der Waals surface area contributed by atoms with Crippen LogP contribution >= 0.6 is 11.6 Å². The van der Waals surface area contributed by atoms with Gasteiger partial charge in [0.05, 0.1) is 5.25 Å². The van der Waals surface area contributed by atoms with E-state index in [0.29, 0.717) is 0 Å². The van der Waals surface area contributed by atoms with Crippen molar-refractivity contribution in [3.8, 4) is 0 Å². The molecule has 96 valence electrons. The molecule has 1 heterocycles. The Morgan fingerprint density at radius 2 is 2.24 bits per heavy atom. The summed E-state index contributed by atoms with van der Waals surface area (Å²) in [5, 5.41) is 12.6. The van der Waals surface area contributed by atoms with E-state index >= 15 is 0 Å². The lowest BCUT2D eigenvalue weighted by Gasteiger charge is -2.17. The van der Waals surface area contributed by atoms with E-state index in [2.05, 4.69) is 9.71 Å². The molecule has 0 amide bonds. The number of sulfonamides is 1. The first-order valence-corrected chi connectivity index (χ1v) is 6.72. The summed E-state index contributed by atoms with van der Waals surface area (Å²) in [6.45, 7) is 2.89. The minimum atomic E-state index is -3.75. The number of nitrogens with one attached hydrogen (secondary N) is 1. The number of rotatable bonds is 3. The van der Waals surface area contributed by atoms with Crippen LogP contribution in [0.15, 0.2) is 15.6 Å². The number of hydrogen-bond acceptors (Lipinski definition) is 4. The molecule has 0 aromatic rings. The molecule has 1 atom stereocenters. The first-order valence-electron chi connectivity index (χ1n) is 4.84. The molecular formula is C8H12ClN3O4S. The SMILES string of the molecule is CC(C)S(=O)(=O)/N=C1\NC(Cl)=CCC1[N+](=O)[O-]. The molecule has 7 nitrogen and oxygen atoms in total. The summed E-state index contributed by atoms with van der Waals surface area (Å²) >= 11 is 5.64. The van der Waals surface area contributed by atoms with E-state index in [9.17, 15) is 18.5 Å². The fourth-order valence-electron chi connectivity index (χ4n) is 1.10. The molecule has 0 bridgehead atoms. The average molecular weight is 282 g/mol. The van der Waals surface area contributed by atoms with Crippen LogP contribution in [0.1, 0.15) is 20.3 Å². The Balaban J connectivity index is 3.13. The van der Waals surface area contributed by atoms with Gasteiger partial charge in [0, 0.05) is 11.3 Å². The molecule has 0 fully saturated rings. The van der Waals surface area contributed by atoms with E-state index < -0.39 is 26.2 Å². The molecular weight excluding hydrogens is 270 g/mol. The van der Waals surface area contributed by atoms with Crippen molar-refractivity contribution >= 4 is 27.5 Å². The molecule has 17 heavy (non-hydrogen) atoms. The van der Waals surface area contributed by atoms with Crippen LogP contribution in [0, 0.1) is 10.1 Å². The topological polar surface area (TPSA) is 102 Å². The molecule has 9 heteroatoms. The van der Waals surface area contributed by atoms with Crippen molar-refractivity contribution < 1.29 is 13.3 Å². The Labute approximate surface area is 104 Å². The van der Waals surface area contributed by atoms with Crippen molar-refractivity contribution in [2.75, 3.05) is 0 Å². The Hall–Kier alpha value is -1.15. The van der Waals surface area contributed by atoms with Gasteiger partial charge in [0.25, 0.3) is 16.1 Å². The van der Waals surface area contributed by atoms with E-state index in [1.54, 1.807) is 0 Å². The van der Waals surface area contributed by atoms with Gasteiger partial charge >= 0.3 is 0 Å². The van der Waals surface area contributed by atoms with Gasteiger partial charge in [0.15, 0.2) is 5.84 Å². The van der Waals surface area contributed by atoms with Crippen LogP contribution in [0.2, 0.25) is 0 Å². The maximum atomic E-state index is 11.6. The molecule has 0 saturated heterocycles. The fourth-order valence-corrected chi connectivity index (χ4v) is 1.93. The Morgan fingerprint density at radius 1 is 1.65 bits per heavy atom. The Bertz CT molecular complexity index is 483. The number of nitro groups is 1. The first kappa shape index (κ1) is 13.9. The Morgan fingerprint density at radius 3 is 2.71 bits per heavy atom. The lowest BCUT2D eigenvalue weighted by atomic mass is 10.1.